The van der Waals surface area contributed by atoms with Gasteiger partial charge in [-0.05, 0) is 23.8 Å². The van der Waals surface area contributed by atoms with Gasteiger partial charge in [-0.3, -0.25) is 15.1 Å². The molecule has 7 heteroatoms. The highest BCUT2D eigenvalue weighted by atomic mass is 16.3. The van der Waals surface area contributed by atoms with Crippen LogP contribution in [0.5, 0.6) is 0 Å². The summed E-state index contributed by atoms with van der Waals surface area (Å²) in [5.74, 6) is 0. The Bertz CT molecular complexity index is 700. The molecule has 0 aliphatic heterocycles. The number of nitrogens with one attached hydrogen (secondary N) is 3. The van der Waals surface area contributed by atoms with Crippen LogP contribution in [0.4, 0.5) is 11.4 Å². The van der Waals surface area contributed by atoms with Gasteiger partial charge < -0.3 is 15.7 Å². The Labute approximate surface area is 127 Å². The van der Waals surface area contributed by atoms with Crippen molar-refractivity contribution >= 4 is 11.4 Å². The molecule has 0 aromatic carbocycles. The van der Waals surface area contributed by atoms with Crippen LogP contribution < -0.4 is 10.6 Å². The fourth-order valence-corrected chi connectivity index (χ4v) is 2.02. The van der Waals surface area contributed by atoms with Crippen molar-refractivity contribution in [1.29, 1.82) is 0 Å². The van der Waals surface area contributed by atoms with Crippen LogP contribution in [0.3, 0.4) is 0 Å². The van der Waals surface area contributed by atoms with Crippen LogP contribution in [0, 0.1) is 0 Å². The van der Waals surface area contributed by atoms with E-state index in [1.165, 1.54) is 0 Å². The highest BCUT2D eigenvalue weighted by molar-refractivity contribution is 5.50. The molecule has 0 saturated heterocycles. The molecule has 0 radical (unpaired) electrons. The predicted molar refractivity (Wildman–Crippen MR) is 83.0 cm³/mol. The Hall–Kier alpha value is -2.93. The Kier molecular flexibility index (Phi) is 4.26. The molecule has 3 heterocycles. The largest absolute Gasteiger partial charge is 0.378 e. The van der Waals surface area contributed by atoms with Gasteiger partial charge >= 0.3 is 0 Å². The van der Waals surface area contributed by atoms with E-state index in [9.17, 15) is 5.11 Å². The van der Waals surface area contributed by atoms with Crippen LogP contribution >= 0.6 is 0 Å². The van der Waals surface area contributed by atoms with E-state index >= 15 is 0 Å². The molecule has 0 aliphatic rings. The molecule has 0 spiro atoms. The second-order valence-corrected chi connectivity index (χ2v) is 4.70. The lowest BCUT2D eigenvalue weighted by molar-refractivity contribution is 0.204. The van der Waals surface area contributed by atoms with Crippen molar-refractivity contribution in [3.8, 4) is 0 Å². The molecular weight excluding hydrogens is 280 g/mol. The number of rotatable bonds is 6. The van der Waals surface area contributed by atoms with Gasteiger partial charge in [-0.25, -0.2) is 0 Å². The Balaban J connectivity index is 1.66. The molecule has 1 unspecified atom stereocenters. The van der Waals surface area contributed by atoms with Gasteiger partial charge in [0, 0.05) is 25.1 Å². The molecule has 0 aliphatic carbocycles. The lowest BCUT2D eigenvalue weighted by Gasteiger charge is -2.14. The number of aliphatic hydroxyl groups excluding tert-OH is 1. The first kappa shape index (κ1) is 14.0. The Morgan fingerprint density at radius 3 is 2.64 bits per heavy atom. The van der Waals surface area contributed by atoms with Gasteiger partial charge in [0.15, 0.2) is 6.23 Å². The van der Waals surface area contributed by atoms with Gasteiger partial charge in [-0.15, -0.1) is 0 Å². The average Bonchev–Trinajstić information content (AvgIpc) is 3.03. The minimum absolute atomic E-state index is 0.563. The zero-order valence-electron chi connectivity index (χ0n) is 11.8. The number of hydrogen-bond acceptors (Lipinski definition) is 6. The van der Waals surface area contributed by atoms with E-state index in [-0.39, 0.29) is 0 Å². The second kappa shape index (κ2) is 6.68. The first-order valence-electron chi connectivity index (χ1n) is 6.83. The molecule has 4 N–H and O–H groups in total. The number of H-pyrrole nitrogens is 1. The normalized spacial score (nSPS) is 11.9. The van der Waals surface area contributed by atoms with Gasteiger partial charge in [0.2, 0.25) is 0 Å². The summed E-state index contributed by atoms with van der Waals surface area (Å²) < 4.78 is 0. The summed E-state index contributed by atoms with van der Waals surface area (Å²) in [6, 6.07) is 7.48. The summed E-state index contributed by atoms with van der Waals surface area (Å²) in [6.07, 6.45) is 7.56. The highest BCUT2D eigenvalue weighted by Gasteiger charge is 2.14. The first-order valence-corrected chi connectivity index (χ1v) is 6.83. The zero-order chi connectivity index (χ0) is 15.2. The predicted octanol–water partition coefficient (Wildman–Crippen LogP) is 1.91. The van der Waals surface area contributed by atoms with Crippen LogP contribution in [0.25, 0.3) is 0 Å². The van der Waals surface area contributed by atoms with Gasteiger partial charge in [0.1, 0.15) is 5.69 Å². The molecule has 1 atom stereocenters. The fourth-order valence-electron chi connectivity index (χ4n) is 2.02. The van der Waals surface area contributed by atoms with Crippen LogP contribution in [0.2, 0.25) is 0 Å². The lowest BCUT2D eigenvalue weighted by Crippen LogP contribution is -2.13. The summed E-state index contributed by atoms with van der Waals surface area (Å²) in [4.78, 5) is 8.06. The molecule has 0 saturated carbocycles. The van der Waals surface area contributed by atoms with Gasteiger partial charge in [-0.2, -0.15) is 5.10 Å². The summed E-state index contributed by atoms with van der Waals surface area (Å²) >= 11 is 0. The van der Waals surface area contributed by atoms with Gasteiger partial charge in [0.05, 0.1) is 23.8 Å². The molecule has 3 rings (SSSR count). The molecule has 3 aromatic rings. The molecule has 0 bridgehead atoms. The van der Waals surface area contributed by atoms with Gasteiger partial charge in [0.25, 0.3) is 0 Å². The summed E-state index contributed by atoms with van der Waals surface area (Å²) in [5, 5.41) is 23.2. The van der Waals surface area contributed by atoms with Crippen LogP contribution in [0.15, 0.2) is 55.2 Å². The molecular formula is C15H16N6O. The maximum Gasteiger partial charge on any atom is 0.169 e. The summed E-state index contributed by atoms with van der Waals surface area (Å²) in [7, 11) is 0. The van der Waals surface area contributed by atoms with Crippen molar-refractivity contribution in [1.82, 2.24) is 20.2 Å². The van der Waals surface area contributed by atoms with E-state index in [1.807, 2.05) is 18.2 Å². The lowest BCUT2D eigenvalue weighted by atomic mass is 10.2. The SMILES string of the molecule is OC(Nc1cccnc1)c1[nH]ncc1NCc1cccnc1. The maximum absolute atomic E-state index is 10.3. The van der Waals surface area contributed by atoms with E-state index in [2.05, 4.69) is 30.8 Å². The molecule has 3 aromatic heterocycles. The van der Waals surface area contributed by atoms with Crippen molar-refractivity contribution in [2.45, 2.75) is 12.8 Å². The van der Waals surface area contributed by atoms with Crippen molar-refractivity contribution < 1.29 is 5.11 Å². The monoisotopic (exact) mass is 296 g/mol. The number of anilines is 2. The topological polar surface area (TPSA) is 98.8 Å². The molecule has 0 amide bonds. The number of aromatic nitrogens is 4. The molecule has 112 valence electrons. The standard InChI is InChI=1S/C15H16N6O/c22-15(20-12-4-2-6-17-9-12)14-13(10-19-21-14)18-8-11-3-1-5-16-7-11/h1-7,9-10,15,18,20,22H,8H2,(H,19,21). The van der Waals surface area contributed by atoms with Crippen molar-refractivity contribution in [3.05, 3.63) is 66.5 Å². The molecule has 7 nitrogen and oxygen atoms in total. The van der Waals surface area contributed by atoms with E-state index < -0.39 is 6.23 Å². The quantitative estimate of drug-likeness (QED) is 0.519. The van der Waals surface area contributed by atoms with Crippen LogP contribution in [-0.2, 0) is 6.54 Å². The smallest absolute Gasteiger partial charge is 0.169 e. The third-order valence-corrected chi connectivity index (χ3v) is 3.11. The first-order chi connectivity index (χ1) is 10.8. The second-order valence-electron chi connectivity index (χ2n) is 4.70. The van der Waals surface area contributed by atoms with Crippen molar-refractivity contribution in [2.24, 2.45) is 0 Å². The minimum atomic E-state index is -0.914. The van der Waals surface area contributed by atoms with Crippen molar-refractivity contribution in [3.63, 3.8) is 0 Å². The Morgan fingerprint density at radius 1 is 1.09 bits per heavy atom. The Morgan fingerprint density at radius 2 is 1.91 bits per heavy atom. The van der Waals surface area contributed by atoms with Crippen LogP contribution in [0.1, 0.15) is 17.5 Å². The average molecular weight is 296 g/mol. The fraction of sp³-hybridized carbons (Fsp3) is 0.133. The number of nitrogens with zero attached hydrogens (tertiary/aromatic N) is 3. The number of hydrogen-bond donors (Lipinski definition) is 4. The number of pyridine rings is 2. The summed E-state index contributed by atoms with van der Waals surface area (Å²) in [5.41, 5.74) is 3.06. The van der Waals surface area contributed by atoms with Crippen LogP contribution in [-0.4, -0.2) is 25.3 Å². The minimum Gasteiger partial charge on any atom is -0.378 e. The molecule has 0 fully saturated rings. The highest BCUT2D eigenvalue weighted by Crippen LogP contribution is 2.22. The third kappa shape index (κ3) is 3.39. The van der Waals surface area contributed by atoms with Gasteiger partial charge in [-0.1, -0.05) is 6.07 Å². The third-order valence-electron chi connectivity index (χ3n) is 3.11. The van der Waals surface area contributed by atoms with E-state index in [0.29, 0.717) is 12.2 Å². The maximum atomic E-state index is 10.3. The van der Waals surface area contributed by atoms with E-state index in [0.717, 1.165) is 16.9 Å². The number of aromatic amines is 1. The van der Waals surface area contributed by atoms with E-state index in [4.69, 9.17) is 0 Å². The van der Waals surface area contributed by atoms with E-state index in [1.54, 1.807) is 37.1 Å². The molecule has 22 heavy (non-hydrogen) atoms. The number of aliphatic hydroxyl groups is 1. The summed E-state index contributed by atoms with van der Waals surface area (Å²) in [6.45, 7) is 0.597. The zero-order valence-corrected chi connectivity index (χ0v) is 11.8. The van der Waals surface area contributed by atoms with Crippen molar-refractivity contribution in [2.75, 3.05) is 10.6 Å².